The van der Waals surface area contributed by atoms with Gasteiger partial charge in [0.05, 0.1) is 0 Å². The van der Waals surface area contributed by atoms with E-state index in [2.05, 4.69) is 21.3 Å². The molecule has 112 valence electrons. The van der Waals surface area contributed by atoms with Crippen molar-refractivity contribution in [1.82, 2.24) is 21.3 Å². The van der Waals surface area contributed by atoms with E-state index in [9.17, 15) is 9.59 Å². The van der Waals surface area contributed by atoms with Crippen molar-refractivity contribution in [3.63, 3.8) is 0 Å². The predicted molar refractivity (Wildman–Crippen MR) is 77.6 cm³/mol. The van der Waals surface area contributed by atoms with Crippen molar-refractivity contribution >= 4 is 24.3 Å². The van der Waals surface area contributed by atoms with Crippen LogP contribution in [0.15, 0.2) is 0 Å². The number of hydrogen-bond acceptors (Lipinski definition) is 3. The number of halogens is 1. The molecule has 0 bridgehead atoms. The Hall–Kier alpha value is -1.01. The summed E-state index contributed by atoms with van der Waals surface area (Å²) in [6, 6.07) is -0.261. The van der Waals surface area contributed by atoms with Crippen molar-refractivity contribution in [2.45, 2.75) is 38.1 Å². The Morgan fingerprint density at radius 1 is 1.11 bits per heavy atom. The number of likely N-dealkylation sites (N-methyl/N-ethyl adjacent to an activating group) is 1. The summed E-state index contributed by atoms with van der Waals surface area (Å²) in [6.07, 6.45) is 3.39. The summed E-state index contributed by atoms with van der Waals surface area (Å²) in [4.78, 5) is 23.8. The zero-order valence-corrected chi connectivity index (χ0v) is 12.5. The number of urea groups is 1. The van der Waals surface area contributed by atoms with Crippen LogP contribution >= 0.6 is 12.4 Å². The summed E-state index contributed by atoms with van der Waals surface area (Å²) in [7, 11) is 1.84. The highest BCUT2D eigenvalue weighted by Gasteiger charge is 2.42. The molecule has 0 spiro atoms. The van der Waals surface area contributed by atoms with Gasteiger partial charge in [-0.25, -0.2) is 4.79 Å². The molecule has 0 unspecified atom stereocenters. The lowest BCUT2D eigenvalue weighted by Crippen LogP contribution is -2.59. The highest BCUT2D eigenvalue weighted by atomic mass is 35.5. The summed E-state index contributed by atoms with van der Waals surface area (Å²) in [5.74, 6) is -0.0681. The maximum Gasteiger partial charge on any atom is 0.315 e. The molecule has 1 aliphatic rings. The Bertz CT molecular complexity index is 293. The molecule has 0 atom stereocenters. The van der Waals surface area contributed by atoms with Crippen molar-refractivity contribution in [1.29, 1.82) is 0 Å². The van der Waals surface area contributed by atoms with E-state index in [4.69, 9.17) is 0 Å². The number of rotatable bonds is 6. The molecule has 1 fully saturated rings. The Labute approximate surface area is 120 Å². The SMILES string of the molecule is CCNC(=O)NC1(C(=O)NCCNC)CCCC1.Cl. The Morgan fingerprint density at radius 2 is 1.74 bits per heavy atom. The van der Waals surface area contributed by atoms with Crippen molar-refractivity contribution in [2.75, 3.05) is 26.7 Å². The molecule has 0 saturated heterocycles. The van der Waals surface area contributed by atoms with E-state index in [-0.39, 0.29) is 24.3 Å². The molecule has 0 radical (unpaired) electrons. The fraction of sp³-hybridized carbons (Fsp3) is 0.833. The maximum absolute atomic E-state index is 12.2. The molecule has 1 aliphatic carbocycles. The van der Waals surface area contributed by atoms with Crippen LogP contribution in [0, 0.1) is 0 Å². The number of hydrogen-bond donors (Lipinski definition) is 4. The molecule has 19 heavy (non-hydrogen) atoms. The van der Waals surface area contributed by atoms with Crippen LogP contribution in [-0.2, 0) is 4.79 Å². The number of nitrogens with one attached hydrogen (secondary N) is 4. The van der Waals surface area contributed by atoms with E-state index in [1.54, 1.807) is 0 Å². The standard InChI is InChI=1S/C12H24N4O2.ClH/c1-3-14-11(18)16-12(6-4-5-7-12)10(17)15-9-8-13-2;/h13H,3-9H2,1-2H3,(H,15,17)(H2,14,16,18);1H. The molecule has 6 nitrogen and oxygen atoms in total. The first-order valence-corrected chi connectivity index (χ1v) is 6.63. The topological polar surface area (TPSA) is 82.3 Å². The lowest BCUT2D eigenvalue weighted by Gasteiger charge is -2.29. The second-order valence-corrected chi connectivity index (χ2v) is 4.63. The van der Waals surface area contributed by atoms with E-state index in [0.29, 0.717) is 13.1 Å². The highest BCUT2D eigenvalue weighted by Crippen LogP contribution is 2.29. The normalized spacial score (nSPS) is 16.3. The van der Waals surface area contributed by atoms with Crippen LogP contribution in [0.4, 0.5) is 4.79 Å². The van der Waals surface area contributed by atoms with Gasteiger partial charge in [0.1, 0.15) is 5.54 Å². The summed E-state index contributed by atoms with van der Waals surface area (Å²) in [5, 5.41) is 11.4. The van der Waals surface area contributed by atoms with Crippen LogP contribution in [0.1, 0.15) is 32.6 Å². The van der Waals surface area contributed by atoms with E-state index in [1.807, 2.05) is 14.0 Å². The molecule has 3 amide bonds. The van der Waals surface area contributed by atoms with Crippen LogP contribution < -0.4 is 21.3 Å². The largest absolute Gasteiger partial charge is 0.353 e. The van der Waals surface area contributed by atoms with E-state index in [1.165, 1.54) is 0 Å². The van der Waals surface area contributed by atoms with E-state index >= 15 is 0 Å². The predicted octanol–water partition coefficient (Wildman–Crippen LogP) is 0.376. The van der Waals surface area contributed by atoms with E-state index < -0.39 is 5.54 Å². The Balaban J connectivity index is 0.00000324. The van der Waals surface area contributed by atoms with Crippen LogP contribution in [0.3, 0.4) is 0 Å². The van der Waals surface area contributed by atoms with Crippen LogP contribution in [0.25, 0.3) is 0 Å². The first-order chi connectivity index (χ1) is 8.64. The lowest BCUT2D eigenvalue weighted by atomic mass is 9.96. The van der Waals surface area contributed by atoms with Gasteiger partial charge in [-0.3, -0.25) is 4.79 Å². The second kappa shape index (κ2) is 8.98. The van der Waals surface area contributed by atoms with Gasteiger partial charge in [0.25, 0.3) is 0 Å². The van der Waals surface area contributed by atoms with Crippen molar-refractivity contribution in [3.05, 3.63) is 0 Å². The van der Waals surface area contributed by atoms with Gasteiger partial charge in [0.15, 0.2) is 0 Å². The van der Waals surface area contributed by atoms with Gasteiger partial charge in [-0.05, 0) is 26.8 Å². The minimum atomic E-state index is -0.715. The van der Waals surface area contributed by atoms with E-state index in [0.717, 1.165) is 32.2 Å². The Morgan fingerprint density at radius 3 is 2.26 bits per heavy atom. The first-order valence-electron chi connectivity index (χ1n) is 6.63. The summed E-state index contributed by atoms with van der Waals surface area (Å²) in [5.41, 5.74) is -0.715. The van der Waals surface area contributed by atoms with Gasteiger partial charge in [-0.1, -0.05) is 12.8 Å². The fourth-order valence-electron chi connectivity index (χ4n) is 2.28. The lowest BCUT2D eigenvalue weighted by molar-refractivity contribution is -0.127. The van der Waals surface area contributed by atoms with Crippen LogP contribution in [-0.4, -0.2) is 44.2 Å². The first kappa shape index (κ1) is 18.0. The minimum absolute atomic E-state index is 0. The molecular formula is C12H25ClN4O2. The molecule has 0 aromatic carbocycles. The highest BCUT2D eigenvalue weighted by molar-refractivity contribution is 5.91. The quantitative estimate of drug-likeness (QED) is 0.534. The average molecular weight is 293 g/mol. The van der Waals surface area contributed by atoms with Gasteiger partial charge < -0.3 is 21.3 Å². The third kappa shape index (κ3) is 5.24. The van der Waals surface area contributed by atoms with Gasteiger partial charge in [0, 0.05) is 19.6 Å². The maximum atomic E-state index is 12.2. The summed E-state index contributed by atoms with van der Waals surface area (Å²) in [6.45, 7) is 3.72. The van der Waals surface area contributed by atoms with Crippen LogP contribution in [0.2, 0.25) is 0 Å². The zero-order valence-electron chi connectivity index (χ0n) is 11.7. The monoisotopic (exact) mass is 292 g/mol. The smallest absolute Gasteiger partial charge is 0.315 e. The number of carbonyl (C=O) groups is 2. The second-order valence-electron chi connectivity index (χ2n) is 4.63. The van der Waals surface area contributed by atoms with Crippen molar-refractivity contribution in [2.24, 2.45) is 0 Å². The third-order valence-electron chi connectivity index (χ3n) is 3.24. The molecule has 1 rings (SSSR count). The van der Waals surface area contributed by atoms with Gasteiger partial charge in [-0.2, -0.15) is 0 Å². The third-order valence-corrected chi connectivity index (χ3v) is 3.24. The molecular weight excluding hydrogens is 268 g/mol. The molecule has 1 saturated carbocycles. The molecule has 0 aliphatic heterocycles. The van der Waals surface area contributed by atoms with Crippen molar-refractivity contribution in [3.8, 4) is 0 Å². The number of amides is 3. The van der Waals surface area contributed by atoms with Gasteiger partial charge in [0.2, 0.25) is 5.91 Å². The van der Waals surface area contributed by atoms with Crippen LogP contribution in [0.5, 0.6) is 0 Å². The zero-order chi connectivity index (χ0) is 13.4. The Kier molecular flexibility index (Phi) is 8.51. The molecule has 7 heteroatoms. The minimum Gasteiger partial charge on any atom is -0.353 e. The summed E-state index contributed by atoms with van der Waals surface area (Å²) >= 11 is 0. The van der Waals surface area contributed by atoms with Crippen molar-refractivity contribution < 1.29 is 9.59 Å². The van der Waals surface area contributed by atoms with Gasteiger partial charge in [-0.15, -0.1) is 12.4 Å². The fourth-order valence-corrected chi connectivity index (χ4v) is 2.28. The molecule has 0 aromatic rings. The molecule has 4 N–H and O–H groups in total. The number of carbonyl (C=O) groups excluding carboxylic acids is 2. The summed E-state index contributed by atoms with van der Waals surface area (Å²) < 4.78 is 0. The molecule has 0 aromatic heterocycles. The average Bonchev–Trinajstić information content (AvgIpc) is 2.79. The molecule has 0 heterocycles. The van der Waals surface area contributed by atoms with Gasteiger partial charge >= 0.3 is 6.03 Å².